The minimum absolute atomic E-state index is 0.158. The molecule has 0 saturated heterocycles. The fourth-order valence-electron chi connectivity index (χ4n) is 2.08. The van der Waals surface area contributed by atoms with E-state index in [1.54, 1.807) is 43.8 Å². The minimum Gasteiger partial charge on any atom is -0.385 e. The molecule has 0 bridgehead atoms. The third-order valence-electron chi connectivity index (χ3n) is 3.42. The highest BCUT2D eigenvalue weighted by Gasteiger charge is 2.08. The monoisotopic (exact) mass is 327 g/mol. The molecular weight excluding hydrogens is 306 g/mol. The van der Waals surface area contributed by atoms with Crippen LogP contribution < -0.4 is 10.6 Å². The van der Waals surface area contributed by atoms with Crippen LogP contribution in [0.5, 0.6) is 0 Å². The smallest absolute Gasteiger partial charge is 0.251 e. The zero-order valence-corrected chi connectivity index (χ0v) is 13.6. The van der Waals surface area contributed by atoms with E-state index in [-0.39, 0.29) is 11.8 Å². The van der Waals surface area contributed by atoms with Gasteiger partial charge in [0, 0.05) is 50.3 Å². The van der Waals surface area contributed by atoms with Gasteiger partial charge in [0.25, 0.3) is 11.8 Å². The molecule has 0 aliphatic heterocycles. The van der Waals surface area contributed by atoms with Crippen molar-refractivity contribution in [2.45, 2.75) is 13.0 Å². The van der Waals surface area contributed by atoms with E-state index in [0.29, 0.717) is 30.8 Å². The van der Waals surface area contributed by atoms with Crippen LogP contribution in [0.25, 0.3) is 0 Å². The lowest BCUT2D eigenvalue weighted by Crippen LogP contribution is -2.26. The van der Waals surface area contributed by atoms with Crippen LogP contribution in [0, 0.1) is 0 Å². The van der Waals surface area contributed by atoms with Gasteiger partial charge in [-0.25, -0.2) is 0 Å². The Labute approximate surface area is 141 Å². The summed E-state index contributed by atoms with van der Waals surface area (Å²) >= 11 is 0. The van der Waals surface area contributed by atoms with Gasteiger partial charge >= 0.3 is 0 Å². The molecule has 24 heavy (non-hydrogen) atoms. The van der Waals surface area contributed by atoms with E-state index in [9.17, 15) is 9.59 Å². The van der Waals surface area contributed by atoms with E-state index >= 15 is 0 Å². The van der Waals surface area contributed by atoms with Crippen molar-refractivity contribution in [1.29, 1.82) is 0 Å². The zero-order valence-electron chi connectivity index (χ0n) is 13.6. The Kier molecular flexibility index (Phi) is 6.91. The molecule has 2 N–H and O–H groups in total. The summed E-state index contributed by atoms with van der Waals surface area (Å²) in [6.07, 6.45) is 4.13. The fourth-order valence-corrected chi connectivity index (χ4v) is 2.08. The Balaban J connectivity index is 1.84. The molecule has 0 spiro atoms. The summed E-state index contributed by atoms with van der Waals surface area (Å²) in [6, 6.07) is 10.3. The minimum atomic E-state index is -0.182. The summed E-state index contributed by atoms with van der Waals surface area (Å²) < 4.78 is 4.93. The van der Waals surface area contributed by atoms with E-state index < -0.39 is 0 Å². The van der Waals surface area contributed by atoms with Crippen LogP contribution in [0.3, 0.4) is 0 Å². The highest BCUT2D eigenvalue weighted by atomic mass is 16.5. The first-order chi connectivity index (χ1) is 11.7. The SMILES string of the molecule is COCCCNC(=O)c1ccc(C(=O)NCc2ccncc2)cc1. The fraction of sp³-hybridized carbons (Fsp3) is 0.278. The van der Waals surface area contributed by atoms with Gasteiger partial charge in [0.05, 0.1) is 0 Å². The number of pyridine rings is 1. The van der Waals surface area contributed by atoms with Crippen molar-refractivity contribution in [1.82, 2.24) is 15.6 Å². The third kappa shape index (κ3) is 5.48. The van der Waals surface area contributed by atoms with Crippen molar-refractivity contribution < 1.29 is 14.3 Å². The number of carbonyl (C=O) groups is 2. The molecule has 0 atom stereocenters. The van der Waals surface area contributed by atoms with Crippen LogP contribution in [0.2, 0.25) is 0 Å². The maximum Gasteiger partial charge on any atom is 0.251 e. The average Bonchev–Trinajstić information content (AvgIpc) is 2.64. The second kappa shape index (κ2) is 9.42. The highest BCUT2D eigenvalue weighted by molar-refractivity contribution is 5.97. The first kappa shape index (κ1) is 17.6. The van der Waals surface area contributed by atoms with Crippen LogP contribution in [0.4, 0.5) is 0 Å². The van der Waals surface area contributed by atoms with Crippen LogP contribution in [0.15, 0.2) is 48.8 Å². The lowest BCUT2D eigenvalue weighted by molar-refractivity contribution is 0.0937. The summed E-state index contributed by atoms with van der Waals surface area (Å²) in [5.41, 5.74) is 2.02. The van der Waals surface area contributed by atoms with Crippen molar-refractivity contribution in [2.75, 3.05) is 20.3 Å². The van der Waals surface area contributed by atoms with Gasteiger partial charge in [-0.15, -0.1) is 0 Å². The van der Waals surface area contributed by atoms with Gasteiger partial charge in [-0.1, -0.05) is 0 Å². The topological polar surface area (TPSA) is 80.3 Å². The maximum atomic E-state index is 12.1. The van der Waals surface area contributed by atoms with Gasteiger partial charge in [-0.05, 0) is 48.4 Å². The number of benzene rings is 1. The number of carbonyl (C=O) groups excluding carboxylic acids is 2. The number of ether oxygens (including phenoxy) is 1. The first-order valence-corrected chi connectivity index (χ1v) is 7.75. The van der Waals surface area contributed by atoms with Crippen LogP contribution in [-0.4, -0.2) is 37.1 Å². The van der Waals surface area contributed by atoms with Crippen molar-refractivity contribution in [3.63, 3.8) is 0 Å². The average molecular weight is 327 g/mol. The molecule has 1 aromatic heterocycles. The quantitative estimate of drug-likeness (QED) is 0.724. The molecule has 6 heteroatoms. The molecule has 2 aromatic rings. The molecule has 2 rings (SSSR count). The molecule has 2 amide bonds. The van der Waals surface area contributed by atoms with Crippen LogP contribution in [-0.2, 0) is 11.3 Å². The Morgan fingerprint density at radius 2 is 1.54 bits per heavy atom. The lowest BCUT2D eigenvalue weighted by atomic mass is 10.1. The van der Waals surface area contributed by atoms with E-state index in [0.717, 1.165) is 12.0 Å². The second-order valence-corrected chi connectivity index (χ2v) is 5.22. The molecule has 0 saturated carbocycles. The van der Waals surface area contributed by atoms with Gasteiger partial charge in [-0.2, -0.15) is 0 Å². The lowest BCUT2D eigenvalue weighted by Gasteiger charge is -2.07. The number of nitrogens with zero attached hydrogens (tertiary/aromatic N) is 1. The highest BCUT2D eigenvalue weighted by Crippen LogP contribution is 2.05. The normalized spacial score (nSPS) is 10.2. The van der Waals surface area contributed by atoms with Gasteiger partial charge in [0.1, 0.15) is 0 Å². The van der Waals surface area contributed by atoms with Crippen molar-refractivity contribution >= 4 is 11.8 Å². The molecule has 0 fully saturated rings. The number of hydrogen-bond acceptors (Lipinski definition) is 4. The Bertz CT molecular complexity index is 657. The van der Waals surface area contributed by atoms with Crippen molar-refractivity contribution in [2.24, 2.45) is 0 Å². The molecule has 0 aliphatic carbocycles. The Hall–Kier alpha value is -2.73. The largest absolute Gasteiger partial charge is 0.385 e. The number of aromatic nitrogens is 1. The zero-order chi connectivity index (χ0) is 17.2. The molecule has 126 valence electrons. The number of amides is 2. The van der Waals surface area contributed by atoms with E-state index in [1.165, 1.54) is 0 Å². The second-order valence-electron chi connectivity index (χ2n) is 5.22. The Morgan fingerprint density at radius 3 is 2.12 bits per heavy atom. The molecule has 1 aromatic carbocycles. The molecule has 1 heterocycles. The van der Waals surface area contributed by atoms with Crippen LogP contribution in [0.1, 0.15) is 32.7 Å². The molecule has 0 radical (unpaired) electrons. The summed E-state index contributed by atoms with van der Waals surface area (Å²) in [4.78, 5) is 28.0. The van der Waals surface area contributed by atoms with Crippen LogP contribution >= 0.6 is 0 Å². The molecular formula is C18H21N3O3. The van der Waals surface area contributed by atoms with Gasteiger partial charge < -0.3 is 15.4 Å². The van der Waals surface area contributed by atoms with E-state index in [1.807, 2.05) is 12.1 Å². The molecule has 0 unspecified atom stereocenters. The number of hydrogen-bond donors (Lipinski definition) is 2. The predicted molar refractivity (Wildman–Crippen MR) is 90.7 cm³/mol. The molecule has 6 nitrogen and oxygen atoms in total. The number of methoxy groups -OCH3 is 1. The van der Waals surface area contributed by atoms with Gasteiger partial charge in [0.15, 0.2) is 0 Å². The van der Waals surface area contributed by atoms with E-state index in [4.69, 9.17) is 4.74 Å². The van der Waals surface area contributed by atoms with Gasteiger partial charge in [0.2, 0.25) is 0 Å². The van der Waals surface area contributed by atoms with Crippen molar-refractivity contribution in [3.8, 4) is 0 Å². The van der Waals surface area contributed by atoms with Gasteiger partial charge in [-0.3, -0.25) is 14.6 Å². The Morgan fingerprint density at radius 1 is 0.958 bits per heavy atom. The summed E-state index contributed by atoms with van der Waals surface area (Å²) in [6.45, 7) is 1.60. The first-order valence-electron chi connectivity index (χ1n) is 7.75. The summed E-state index contributed by atoms with van der Waals surface area (Å²) in [5.74, 6) is -0.339. The standard InChI is InChI=1S/C18H21N3O3/c1-24-12-2-9-20-17(22)15-3-5-16(6-4-15)18(23)21-13-14-7-10-19-11-8-14/h3-8,10-11H,2,9,12-13H2,1H3,(H,20,22)(H,21,23). The number of rotatable bonds is 8. The number of nitrogens with one attached hydrogen (secondary N) is 2. The van der Waals surface area contributed by atoms with Crippen molar-refractivity contribution in [3.05, 3.63) is 65.5 Å². The third-order valence-corrected chi connectivity index (χ3v) is 3.42. The summed E-state index contributed by atoms with van der Waals surface area (Å²) in [5, 5.41) is 5.63. The van der Waals surface area contributed by atoms with E-state index in [2.05, 4.69) is 15.6 Å². The molecule has 0 aliphatic rings. The predicted octanol–water partition coefficient (Wildman–Crippen LogP) is 1.78. The maximum absolute atomic E-state index is 12.1. The summed E-state index contributed by atoms with van der Waals surface area (Å²) in [7, 11) is 1.63.